The molecule has 140 valence electrons. The van der Waals surface area contributed by atoms with Gasteiger partial charge in [-0.3, -0.25) is 9.78 Å². The van der Waals surface area contributed by atoms with Crippen LogP contribution in [0.5, 0.6) is 11.5 Å². The van der Waals surface area contributed by atoms with E-state index in [0.29, 0.717) is 24.5 Å². The first kappa shape index (κ1) is 19.7. The lowest BCUT2D eigenvalue weighted by molar-refractivity contribution is -0.121. The van der Waals surface area contributed by atoms with Gasteiger partial charge >= 0.3 is 0 Å². The van der Waals surface area contributed by atoms with Crippen LogP contribution in [0, 0.1) is 0 Å². The molecule has 1 aromatic carbocycles. The van der Waals surface area contributed by atoms with E-state index >= 15 is 0 Å². The number of pyridine rings is 1. The van der Waals surface area contributed by atoms with Gasteiger partial charge in [0.1, 0.15) is 6.61 Å². The van der Waals surface area contributed by atoms with E-state index in [1.807, 2.05) is 44.3 Å². The Morgan fingerprint density at radius 1 is 1.19 bits per heavy atom. The van der Waals surface area contributed by atoms with Crippen molar-refractivity contribution in [3.63, 3.8) is 0 Å². The van der Waals surface area contributed by atoms with Gasteiger partial charge in [-0.05, 0) is 62.3 Å². The standard InChI is InChI=1S/C20H27N3O3/c1-15(23-20(24)5-4-10-21-2)17-6-7-18(19(13-17)25-3)26-14-16-8-11-22-12-9-16/h6-9,11-13,15,21H,4-5,10,14H2,1-3H3,(H,23,24). The van der Waals surface area contributed by atoms with Crippen LogP contribution in [0.4, 0.5) is 0 Å². The van der Waals surface area contributed by atoms with Gasteiger partial charge in [0.2, 0.25) is 5.91 Å². The molecule has 0 aliphatic rings. The average Bonchev–Trinajstić information content (AvgIpc) is 2.67. The van der Waals surface area contributed by atoms with Crippen molar-refractivity contribution in [1.82, 2.24) is 15.6 Å². The zero-order valence-corrected chi connectivity index (χ0v) is 15.6. The zero-order valence-electron chi connectivity index (χ0n) is 15.6. The van der Waals surface area contributed by atoms with Crippen molar-refractivity contribution in [2.45, 2.75) is 32.4 Å². The molecule has 1 heterocycles. The summed E-state index contributed by atoms with van der Waals surface area (Å²) < 4.78 is 11.3. The van der Waals surface area contributed by atoms with Gasteiger partial charge in [-0.2, -0.15) is 0 Å². The van der Waals surface area contributed by atoms with Gasteiger partial charge in [0.25, 0.3) is 0 Å². The van der Waals surface area contributed by atoms with Gasteiger partial charge in [0.05, 0.1) is 13.2 Å². The number of methoxy groups -OCH3 is 1. The Hall–Kier alpha value is -2.60. The minimum atomic E-state index is -0.0970. The average molecular weight is 357 g/mol. The first-order valence-electron chi connectivity index (χ1n) is 8.77. The Labute approximate surface area is 154 Å². The zero-order chi connectivity index (χ0) is 18.8. The van der Waals surface area contributed by atoms with Crippen molar-refractivity contribution in [2.24, 2.45) is 0 Å². The number of hydrogen-bond acceptors (Lipinski definition) is 5. The fraction of sp³-hybridized carbons (Fsp3) is 0.400. The molecule has 0 aliphatic carbocycles. The Bertz CT molecular complexity index is 692. The monoisotopic (exact) mass is 357 g/mol. The third-order valence-electron chi connectivity index (χ3n) is 4.04. The molecule has 6 nitrogen and oxygen atoms in total. The molecule has 2 rings (SSSR count). The molecular weight excluding hydrogens is 330 g/mol. The first-order chi connectivity index (χ1) is 12.6. The largest absolute Gasteiger partial charge is 0.493 e. The predicted molar refractivity (Wildman–Crippen MR) is 101 cm³/mol. The van der Waals surface area contributed by atoms with Crippen molar-refractivity contribution in [3.05, 3.63) is 53.9 Å². The van der Waals surface area contributed by atoms with Crippen LogP contribution in [0.3, 0.4) is 0 Å². The van der Waals surface area contributed by atoms with Gasteiger partial charge in [-0.1, -0.05) is 6.07 Å². The number of nitrogens with zero attached hydrogens (tertiary/aromatic N) is 1. The van der Waals surface area contributed by atoms with Crippen molar-refractivity contribution in [2.75, 3.05) is 20.7 Å². The van der Waals surface area contributed by atoms with Crippen molar-refractivity contribution in [1.29, 1.82) is 0 Å². The lowest BCUT2D eigenvalue weighted by Gasteiger charge is -2.17. The number of nitrogens with one attached hydrogen (secondary N) is 2. The maximum atomic E-state index is 12.0. The number of carbonyl (C=O) groups is 1. The fourth-order valence-corrected chi connectivity index (χ4v) is 2.54. The van der Waals surface area contributed by atoms with E-state index in [9.17, 15) is 4.79 Å². The van der Waals surface area contributed by atoms with Crippen LogP contribution < -0.4 is 20.1 Å². The number of hydrogen-bond donors (Lipinski definition) is 2. The van der Waals surface area contributed by atoms with Crippen LogP contribution in [0.15, 0.2) is 42.7 Å². The molecular formula is C20H27N3O3. The molecule has 26 heavy (non-hydrogen) atoms. The van der Waals surface area contributed by atoms with E-state index < -0.39 is 0 Å². The molecule has 1 unspecified atom stereocenters. The summed E-state index contributed by atoms with van der Waals surface area (Å²) in [5.74, 6) is 1.36. The minimum Gasteiger partial charge on any atom is -0.493 e. The highest BCUT2D eigenvalue weighted by Gasteiger charge is 2.13. The summed E-state index contributed by atoms with van der Waals surface area (Å²) in [4.78, 5) is 16.0. The predicted octanol–water partition coefficient (Wildman–Crippen LogP) is 2.85. The summed E-state index contributed by atoms with van der Waals surface area (Å²) in [6, 6.07) is 9.45. The minimum absolute atomic E-state index is 0.0460. The first-order valence-corrected chi connectivity index (χ1v) is 8.77. The molecule has 0 fully saturated rings. The van der Waals surface area contributed by atoms with E-state index in [-0.39, 0.29) is 11.9 Å². The molecule has 0 aliphatic heterocycles. The summed E-state index contributed by atoms with van der Waals surface area (Å²) >= 11 is 0. The van der Waals surface area contributed by atoms with E-state index in [1.165, 1.54) is 0 Å². The van der Waals surface area contributed by atoms with Gasteiger partial charge < -0.3 is 20.1 Å². The summed E-state index contributed by atoms with van der Waals surface area (Å²) in [6.45, 7) is 3.23. The maximum Gasteiger partial charge on any atom is 0.220 e. The Balaban J connectivity index is 1.97. The molecule has 1 aromatic heterocycles. The summed E-state index contributed by atoms with van der Waals surface area (Å²) in [6.07, 6.45) is 4.80. The van der Waals surface area contributed by atoms with Gasteiger partial charge in [-0.25, -0.2) is 0 Å². The SMILES string of the molecule is CNCCCC(=O)NC(C)c1ccc(OCc2ccncc2)c(OC)c1. The molecule has 0 bridgehead atoms. The highest BCUT2D eigenvalue weighted by molar-refractivity contribution is 5.76. The summed E-state index contributed by atoms with van der Waals surface area (Å²) in [5.41, 5.74) is 2.01. The van der Waals surface area contributed by atoms with Crippen LogP contribution in [0.1, 0.15) is 36.9 Å². The number of aromatic nitrogens is 1. The number of rotatable bonds is 10. The normalized spacial score (nSPS) is 11.7. The third kappa shape index (κ3) is 6.04. The number of carbonyl (C=O) groups excluding carboxylic acids is 1. The summed E-state index contributed by atoms with van der Waals surface area (Å²) in [7, 11) is 3.49. The number of ether oxygens (including phenoxy) is 2. The Kier molecular flexibility index (Phi) is 7.89. The molecule has 1 atom stereocenters. The molecule has 0 saturated carbocycles. The van der Waals surface area contributed by atoms with Crippen molar-refractivity contribution < 1.29 is 14.3 Å². The highest BCUT2D eigenvalue weighted by atomic mass is 16.5. The van der Waals surface area contributed by atoms with Gasteiger partial charge in [-0.15, -0.1) is 0 Å². The lowest BCUT2D eigenvalue weighted by atomic mass is 10.1. The van der Waals surface area contributed by atoms with E-state index in [0.717, 1.165) is 24.1 Å². The number of amides is 1. The smallest absolute Gasteiger partial charge is 0.220 e. The van der Waals surface area contributed by atoms with Crippen LogP contribution >= 0.6 is 0 Å². The molecule has 0 spiro atoms. The Morgan fingerprint density at radius 2 is 1.96 bits per heavy atom. The summed E-state index contributed by atoms with van der Waals surface area (Å²) in [5, 5.41) is 6.05. The quantitative estimate of drug-likeness (QED) is 0.640. The van der Waals surface area contributed by atoms with E-state index in [4.69, 9.17) is 9.47 Å². The second kappa shape index (κ2) is 10.4. The van der Waals surface area contributed by atoms with Crippen LogP contribution in [-0.2, 0) is 11.4 Å². The lowest BCUT2D eigenvalue weighted by Crippen LogP contribution is -2.27. The topological polar surface area (TPSA) is 72.5 Å². The molecule has 2 N–H and O–H groups in total. The second-order valence-electron chi connectivity index (χ2n) is 6.05. The van der Waals surface area contributed by atoms with Crippen molar-refractivity contribution >= 4 is 5.91 Å². The third-order valence-corrected chi connectivity index (χ3v) is 4.04. The Morgan fingerprint density at radius 3 is 2.65 bits per heavy atom. The molecule has 6 heteroatoms. The van der Waals surface area contributed by atoms with Crippen LogP contribution in [0.25, 0.3) is 0 Å². The van der Waals surface area contributed by atoms with E-state index in [1.54, 1.807) is 19.5 Å². The van der Waals surface area contributed by atoms with Crippen LogP contribution in [-0.4, -0.2) is 31.6 Å². The molecule has 0 radical (unpaired) electrons. The van der Waals surface area contributed by atoms with Crippen LogP contribution in [0.2, 0.25) is 0 Å². The van der Waals surface area contributed by atoms with Gasteiger partial charge in [0.15, 0.2) is 11.5 Å². The molecule has 2 aromatic rings. The van der Waals surface area contributed by atoms with Crippen molar-refractivity contribution in [3.8, 4) is 11.5 Å². The fourth-order valence-electron chi connectivity index (χ4n) is 2.54. The number of benzene rings is 1. The van der Waals surface area contributed by atoms with E-state index in [2.05, 4.69) is 15.6 Å². The van der Waals surface area contributed by atoms with Gasteiger partial charge in [0, 0.05) is 18.8 Å². The molecule has 0 saturated heterocycles. The second-order valence-corrected chi connectivity index (χ2v) is 6.05. The maximum absolute atomic E-state index is 12.0. The molecule has 1 amide bonds. The highest BCUT2D eigenvalue weighted by Crippen LogP contribution is 2.31.